The number of ether oxygens (including phenoxy) is 2. The number of benzene rings is 2. The van der Waals surface area contributed by atoms with E-state index in [1.54, 1.807) is 54.8 Å². The number of thiazole rings is 1. The number of anilines is 2. The first kappa shape index (κ1) is 20.3. The van der Waals surface area contributed by atoms with Gasteiger partial charge in [-0.1, -0.05) is 6.07 Å². The molecule has 2 amide bonds. The molecule has 1 heterocycles. The van der Waals surface area contributed by atoms with Gasteiger partial charge >= 0.3 is 0 Å². The molecule has 0 aliphatic heterocycles. The third kappa shape index (κ3) is 5.55. The quantitative estimate of drug-likeness (QED) is 0.611. The van der Waals surface area contributed by atoms with Gasteiger partial charge in [-0.2, -0.15) is 0 Å². The van der Waals surface area contributed by atoms with E-state index in [9.17, 15) is 9.59 Å². The van der Waals surface area contributed by atoms with Gasteiger partial charge in [-0.3, -0.25) is 9.59 Å². The summed E-state index contributed by atoms with van der Waals surface area (Å²) in [6.45, 7) is 3.14. The molecule has 0 aliphatic rings. The molecule has 1 aromatic heterocycles. The standard InChI is InChI=1S/C21H21N3O4S/c1-13(25)22-18-9-15(19-12-29-14(2)23-19)7-8-20(18)28-11-21(26)24-16-5-4-6-17(10-16)27-3/h4-10,12H,11H2,1-3H3,(H,22,25)(H,24,26). The Balaban J connectivity index is 1.71. The summed E-state index contributed by atoms with van der Waals surface area (Å²) in [6, 6.07) is 12.4. The molecule has 29 heavy (non-hydrogen) atoms. The minimum absolute atomic E-state index is 0.209. The first-order valence-electron chi connectivity index (χ1n) is 8.85. The predicted molar refractivity (Wildman–Crippen MR) is 114 cm³/mol. The second-order valence-electron chi connectivity index (χ2n) is 6.21. The van der Waals surface area contributed by atoms with Crippen LogP contribution in [0.4, 0.5) is 11.4 Å². The van der Waals surface area contributed by atoms with Crippen LogP contribution in [0.2, 0.25) is 0 Å². The van der Waals surface area contributed by atoms with E-state index in [1.807, 2.05) is 18.4 Å². The highest BCUT2D eigenvalue weighted by atomic mass is 32.1. The van der Waals surface area contributed by atoms with Crippen LogP contribution in [0.25, 0.3) is 11.3 Å². The highest BCUT2D eigenvalue weighted by Crippen LogP contribution is 2.31. The lowest BCUT2D eigenvalue weighted by Gasteiger charge is -2.13. The van der Waals surface area contributed by atoms with Crippen molar-refractivity contribution in [3.63, 3.8) is 0 Å². The van der Waals surface area contributed by atoms with Gasteiger partial charge in [0.05, 0.1) is 23.5 Å². The molecule has 0 radical (unpaired) electrons. The maximum Gasteiger partial charge on any atom is 0.262 e. The summed E-state index contributed by atoms with van der Waals surface area (Å²) in [6.07, 6.45) is 0. The molecule has 0 saturated carbocycles. The molecule has 3 aromatic rings. The molecule has 0 saturated heterocycles. The molecule has 2 N–H and O–H groups in total. The average molecular weight is 411 g/mol. The summed E-state index contributed by atoms with van der Waals surface area (Å²) in [4.78, 5) is 28.3. The molecule has 0 aliphatic carbocycles. The third-order valence-electron chi connectivity index (χ3n) is 3.92. The molecule has 2 aromatic carbocycles. The van der Waals surface area contributed by atoms with Crippen molar-refractivity contribution in [1.29, 1.82) is 0 Å². The van der Waals surface area contributed by atoms with Crippen LogP contribution in [0.15, 0.2) is 47.8 Å². The zero-order chi connectivity index (χ0) is 20.8. The van der Waals surface area contributed by atoms with Crippen molar-refractivity contribution in [2.45, 2.75) is 13.8 Å². The van der Waals surface area contributed by atoms with Crippen molar-refractivity contribution in [3.8, 4) is 22.8 Å². The minimum atomic E-state index is -0.328. The molecular formula is C21H21N3O4S. The lowest BCUT2D eigenvalue weighted by molar-refractivity contribution is -0.118. The molecule has 0 bridgehead atoms. The zero-order valence-electron chi connectivity index (χ0n) is 16.3. The first-order chi connectivity index (χ1) is 13.9. The molecule has 0 fully saturated rings. The molecule has 7 nitrogen and oxygen atoms in total. The summed E-state index contributed by atoms with van der Waals surface area (Å²) in [5.41, 5.74) is 2.76. The van der Waals surface area contributed by atoms with E-state index in [-0.39, 0.29) is 18.4 Å². The van der Waals surface area contributed by atoms with E-state index in [0.29, 0.717) is 22.9 Å². The van der Waals surface area contributed by atoms with Crippen molar-refractivity contribution < 1.29 is 19.1 Å². The largest absolute Gasteiger partial charge is 0.497 e. The number of hydrogen-bond acceptors (Lipinski definition) is 6. The van der Waals surface area contributed by atoms with Crippen LogP contribution in [0, 0.1) is 6.92 Å². The molecule has 0 atom stereocenters. The van der Waals surface area contributed by atoms with Gasteiger partial charge in [-0.25, -0.2) is 4.98 Å². The van der Waals surface area contributed by atoms with Gasteiger partial charge in [-0.05, 0) is 37.3 Å². The summed E-state index contributed by atoms with van der Waals surface area (Å²) in [5, 5.41) is 8.39. The Kier molecular flexibility index (Phi) is 6.46. The van der Waals surface area contributed by atoms with E-state index in [4.69, 9.17) is 9.47 Å². The number of carbonyl (C=O) groups excluding carboxylic acids is 2. The number of aromatic nitrogens is 1. The number of nitrogens with zero attached hydrogens (tertiary/aromatic N) is 1. The van der Waals surface area contributed by atoms with Crippen LogP contribution >= 0.6 is 11.3 Å². The Morgan fingerprint density at radius 2 is 1.97 bits per heavy atom. The fourth-order valence-corrected chi connectivity index (χ4v) is 3.26. The normalized spacial score (nSPS) is 10.3. The van der Waals surface area contributed by atoms with Crippen LogP contribution in [-0.4, -0.2) is 30.5 Å². The summed E-state index contributed by atoms with van der Waals surface area (Å²) < 4.78 is 10.8. The Bertz CT molecular complexity index is 1030. The number of nitrogens with one attached hydrogen (secondary N) is 2. The van der Waals surface area contributed by atoms with Crippen LogP contribution in [0.1, 0.15) is 11.9 Å². The van der Waals surface area contributed by atoms with Crippen molar-refractivity contribution in [1.82, 2.24) is 4.98 Å². The molecule has 8 heteroatoms. The molecule has 0 unspecified atom stereocenters. The van der Waals surface area contributed by atoms with Gasteiger partial charge < -0.3 is 20.1 Å². The third-order valence-corrected chi connectivity index (χ3v) is 4.69. The second-order valence-corrected chi connectivity index (χ2v) is 7.27. The maximum absolute atomic E-state index is 12.2. The maximum atomic E-state index is 12.2. The van der Waals surface area contributed by atoms with E-state index >= 15 is 0 Å². The van der Waals surface area contributed by atoms with Gasteiger partial charge in [-0.15, -0.1) is 11.3 Å². The van der Waals surface area contributed by atoms with Crippen molar-refractivity contribution >= 4 is 34.5 Å². The number of methoxy groups -OCH3 is 1. The predicted octanol–water partition coefficient (Wildman–Crippen LogP) is 4.10. The lowest BCUT2D eigenvalue weighted by Crippen LogP contribution is -2.20. The number of rotatable bonds is 7. The first-order valence-corrected chi connectivity index (χ1v) is 9.73. The highest BCUT2D eigenvalue weighted by Gasteiger charge is 2.12. The van der Waals surface area contributed by atoms with Crippen LogP contribution in [-0.2, 0) is 9.59 Å². The minimum Gasteiger partial charge on any atom is -0.497 e. The van der Waals surface area contributed by atoms with E-state index < -0.39 is 0 Å². The molecule has 3 rings (SSSR count). The van der Waals surface area contributed by atoms with Crippen LogP contribution in [0.5, 0.6) is 11.5 Å². The van der Waals surface area contributed by atoms with Crippen LogP contribution < -0.4 is 20.1 Å². The Morgan fingerprint density at radius 3 is 2.66 bits per heavy atom. The van der Waals surface area contributed by atoms with Gasteiger partial charge in [0.1, 0.15) is 11.5 Å². The Morgan fingerprint density at radius 1 is 1.14 bits per heavy atom. The monoisotopic (exact) mass is 411 g/mol. The lowest BCUT2D eigenvalue weighted by atomic mass is 10.1. The SMILES string of the molecule is COc1cccc(NC(=O)COc2ccc(-c3csc(C)n3)cc2NC(C)=O)c1. The van der Waals surface area contributed by atoms with Gasteiger partial charge in [0.15, 0.2) is 6.61 Å². The van der Waals surface area contributed by atoms with Crippen LogP contribution in [0.3, 0.4) is 0 Å². The Hall–Kier alpha value is -3.39. The number of amides is 2. The summed E-state index contributed by atoms with van der Waals surface area (Å²) in [5.74, 6) is 0.481. The van der Waals surface area contributed by atoms with Crippen molar-refractivity contribution in [3.05, 3.63) is 52.9 Å². The number of aryl methyl sites for hydroxylation is 1. The van der Waals surface area contributed by atoms with E-state index in [2.05, 4.69) is 15.6 Å². The van der Waals surface area contributed by atoms with Gasteiger partial charge in [0.2, 0.25) is 5.91 Å². The van der Waals surface area contributed by atoms with Gasteiger partial charge in [0.25, 0.3) is 5.91 Å². The van der Waals surface area contributed by atoms with E-state index in [0.717, 1.165) is 16.3 Å². The topological polar surface area (TPSA) is 89.6 Å². The number of hydrogen-bond donors (Lipinski definition) is 2. The zero-order valence-corrected chi connectivity index (χ0v) is 17.1. The van der Waals surface area contributed by atoms with E-state index in [1.165, 1.54) is 6.92 Å². The summed E-state index contributed by atoms with van der Waals surface area (Å²) >= 11 is 1.55. The van der Waals surface area contributed by atoms with Crippen molar-refractivity contribution in [2.75, 3.05) is 24.4 Å². The molecule has 0 spiro atoms. The fraction of sp³-hybridized carbons (Fsp3) is 0.190. The molecule has 150 valence electrons. The highest BCUT2D eigenvalue weighted by molar-refractivity contribution is 7.09. The summed E-state index contributed by atoms with van der Waals surface area (Å²) in [7, 11) is 1.56. The van der Waals surface area contributed by atoms with Gasteiger partial charge in [0, 0.05) is 29.6 Å². The molecular weight excluding hydrogens is 390 g/mol. The second kappa shape index (κ2) is 9.20. The smallest absolute Gasteiger partial charge is 0.262 e. The number of carbonyl (C=O) groups is 2. The Labute approximate surface area is 172 Å². The van der Waals surface area contributed by atoms with Crippen molar-refractivity contribution in [2.24, 2.45) is 0 Å². The average Bonchev–Trinajstić information content (AvgIpc) is 3.13. The fourth-order valence-electron chi connectivity index (χ4n) is 2.64.